The Morgan fingerprint density at radius 1 is 1.35 bits per heavy atom. The van der Waals surface area contributed by atoms with Crippen molar-refractivity contribution in [3.63, 3.8) is 0 Å². The van der Waals surface area contributed by atoms with Crippen LogP contribution in [0.5, 0.6) is 0 Å². The minimum absolute atomic E-state index is 0.0158. The van der Waals surface area contributed by atoms with Crippen LogP contribution in [0.1, 0.15) is 19.8 Å². The lowest BCUT2D eigenvalue weighted by Crippen LogP contribution is -2.22. The van der Waals surface area contributed by atoms with E-state index in [9.17, 15) is 17.8 Å². The molecule has 2 nitrogen and oxygen atoms in total. The lowest BCUT2D eigenvalue weighted by molar-refractivity contribution is -0.120. The van der Waals surface area contributed by atoms with Crippen molar-refractivity contribution in [3.05, 3.63) is 29.8 Å². The molecule has 0 spiro atoms. The normalized spacial score (nSPS) is 26.2. The second-order valence-corrected chi connectivity index (χ2v) is 5.84. The predicted octanol–water partition coefficient (Wildman–Crippen LogP) is 2.44. The molecule has 0 saturated heterocycles. The van der Waals surface area contributed by atoms with Gasteiger partial charge in [-0.2, -0.15) is 0 Å². The smallest absolute Gasteiger partial charge is 0.142 e. The molecular weight excluding hydrogens is 246 g/mol. The van der Waals surface area contributed by atoms with Crippen molar-refractivity contribution in [2.75, 3.05) is 0 Å². The van der Waals surface area contributed by atoms with Gasteiger partial charge in [0.2, 0.25) is 0 Å². The van der Waals surface area contributed by atoms with E-state index in [1.807, 2.05) is 0 Å². The summed E-state index contributed by atoms with van der Waals surface area (Å²) in [6.45, 7) is 1.71. The van der Waals surface area contributed by atoms with Crippen molar-refractivity contribution in [2.24, 2.45) is 5.92 Å². The van der Waals surface area contributed by atoms with Gasteiger partial charge in [-0.25, -0.2) is 8.78 Å². The van der Waals surface area contributed by atoms with Gasteiger partial charge in [-0.05, 0) is 18.6 Å². The minimum Gasteiger partial charge on any atom is -0.299 e. The maximum atomic E-state index is 13.5. The average Bonchev–Trinajstić information content (AvgIpc) is 2.59. The Hall–Kier alpha value is -1.10. The number of hydrogen-bond acceptors (Lipinski definition) is 2. The maximum absolute atomic E-state index is 13.5. The molecule has 0 aliphatic heterocycles. The van der Waals surface area contributed by atoms with Crippen molar-refractivity contribution in [1.29, 1.82) is 0 Å². The fourth-order valence-corrected chi connectivity index (χ4v) is 3.70. The third-order valence-electron chi connectivity index (χ3n) is 3.13. The number of rotatable bonds is 2. The largest absolute Gasteiger partial charge is 0.299 e. The summed E-state index contributed by atoms with van der Waals surface area (Å²) in [6.07, 6.45) is 0.893. The number of benzene rings is 1. The van der Waals surface area contributed by atoms with Gasteiger partial charge in [0.25, 0.3) is 0 Å². The van der Waals surface area contributed by atoms with E-state index >= 15 is 0 Å². The summed E-state index contributed by atoms with van der Waals surface area (Å²) in [4.78, 5) is 11.4. The van der Waals surface area contributed by atoms with Crippen molar-refractivity contribution in [3.8, 4) is 0 Å². The van der Waals surface area contributed by atoms with Crippen LogP contribution in [0.15, 0.2) is 23.1 Å². The van der Waals surface area contributed by atoms with Crippen molar-refractivity contribution in [1.82, 2.24) is 0 Å². The van der Waals surface area contributed by atoms with Gasteiger partial charge in [-0.15, -0.1) is 0 Å². The molecule has 3 unspecified atom stereocenters. The van der Waals surface area contributed by atoms with Gasteiger partial charge >= 0.3 is 0 Å². The molecule has 0 aromatic heterocycles. The molecule has 1 aliphatic rings. The summed E-state index contributed by atoms with van der Waals surface area (Å²) in [5, 5.41) is -0.359. The standard InChI is InChI=1S/C12H12F2O2S/c1-7-10(15)3-5-11(7)17(16)12-4-2-8(13)6-9(12)14/h2,4,6-7,11H,3,5H2,1H3. The molecule has 0 heterocycles. The quantitative estimate of drug-likeness (QED) is 0.816. The van der Waals surface area contributed by atoms with Crippen molar-refractivity contribution in [2.45, 2.75) is 29.9 Å². The molecule has 2 rings (SSSR count). The highest BCUT2D eigenvalue weighted by Gasteiger charge is 2.36. The van der Waals surface area contributed by atoms with E-state index in [-0.39, 0.29) is 21.8 Å². The molecular formula is C12H12F2O2S. The van der Waals surface area contributed by atoms with Gasteiger partial charge in [-0.1, -0.05) is 6.92 Å². The first-order chi connectivity index (χ1) is 8.00. The molecule has 1 aromatic rings. The second kappa shape index (κ2) is 4.64. The molecule has 3 atom stereocenters. The lowest BCUT2D eigenvalue weighted by atomic mass is 10.1. The van der Waals surface area contributed by atoms with Crippen LogP contribution < -0.4 is 0 Å². The van der Waals surface area contributed by atoms with E-state index in [4.69, 9.17) is 0 Å². The summed E-state index contributed by atoms with van der Waals surface area (Å²) in [7, 11) is -1.59. The second-order valence-electron chi connectivity index (χ2n) is 4.20. The highest BCUT2D eigenvalue weighted by molar-refractivity contribution is 7.85. The molecule has 92 valence electrons. The fraction of sp³-hybridized carbons (Fsp3) is 0.417. The number of carbonyl (C=O) groups is 1. The van der Waals surface area contributed by atoms with Gasteiger partial charge < -0.3 is 0 Å². The number of Topliss-reactive ketones (excluding diaryl/α,β-unsaturated/α-hetero) is 1. The Labute approximate surface area is 100 Å². The monoisotopic (exact) mass is 258 g/mol. The van der Waals surface area contributed by atoms with Crippen LogP contribution in [0.2, 0.25) is 0 Å². The van der Waals surface area contributed by atoms with E-state index in [0.29, 0.717) is 18.9 Å². The molecule has 5 heteroatoms. The third-order valence-corrected chi connectivity index (χ3v) is 5.08. The highest BCUT2D eigenvalue weighted by atomic mass is 32.2. The molecule has 1 fully saturated rings. The van der Waals surface area contributed by atoms with E-state index < -0.39 is 22.4 Å². The molecule has 1 saturated carbocycles. The third kappa shape index (κ3) is 2.29. The Bertz CT molecular complexity index is 487. The van der Waals surface area contributed by atoms with Crippen LogP contribution in [0.3, 0.4) is 0 Å². The van der Waals surface area contributed by atoms with Crippen LogP contribution >= 0.6 is 0 Å². The van der Waals surface area contributed by atoms with E-state index in [2.05, 4.69) is 0 Å². The molecule has 0 amide bonds. The van der Waals surface area contributed by atoms with Gasteiger partial charge in [0.1, 0.15) is 17.4 Å². The molecule has 1 aromatic carbocycles. The maximum Gasteiger partial charge on any atom is 0.142 e. The van der Waals surface area contributed by atoms with Crippen molar-refractivity contribution < 1.29 is 17.8 Å². The molecule has 0 N–H and O–H groups in total. The first kappa shape index (κ1) is 12.4. The van der Waals surface area contributed by atoms with Crippen LogP contribution in [-0.4, -0.2) is 15.2 Å². The summed E-state index contributed by atoms with van der Waals surface area (Å²) in [6, 6.07) is 2.99. The van der Waals surface area contributed by atoms with Gasteiger partial charge in [0.15, 0.2) is 0 Å². The molecule has 1 aliphatic carbocycles. The van der Waals surface area contributed by atoms with Gasteiger partial charge in [-0.3, -0.25) is 9.00 Å². The number of halogens is 2. The van der Waals surface area contributed by atoms with Gasteiger partial charge in [0, 0.05) is 23.7 Å². The Kier molecular flexibility index (Phi) is 3.38. The number of ketones is 1. The Morgan fingerprint density at radius 3 is 2.59 bits per heavy atom. The highest BCUT2D eigenvalue weighted by Crippen LogP contribution is 2.30. The SMILES string of the molecule is CC1C(=O)CCC1S(=O)c1ccc(F)cc1F. The first-order valence-corrected chi connectivity index (χ1v) is 6.60. The summed E-state index contributed by atoms with van der Waals surface area (Å²) in [5.74, 6) is -1.76. The Morgan fingerprint density at radius 2 is 2.06 bits per heavy atom. The predicted molar refractivity (Wildman–Crippen MR) is 60.0 cm³/mol. The zero-order valence-corrected chi connectivity index (χ0v) is 10.1. The summed E-state index contributed by atoms with van der Waals surface area (Å²) in [5.41, 5.74) is 0. The van der Waals surface area contributed by atoms with Crippen LogP contribution in [0.4, 0.5) is 8.78 Å². The minimum atomic E-state index is -1.59. The number of hydrogen-bond donors (Lipinski definition) is 0. The topological polar surface area (TPSA) is 34.1 Å². The van der Waals surface area contributed by atoms with E-state index in [0.717, 1.165) is 6.07 Å². The molecule has 0 bridgehead atoms. The van der Waals surface area contributed by atoms with E-state index in [1.165, 1.54) is 6.07 Å². The van der Waals surface area contributed by atoms with Crippen LogP contribution in [-0.2, 0) is 15.6 Å². The zero-order valence-electron chi connectivity index (χ0n) is 9.28. The van der Waals surface area contributed by atoms with Crippen molar-refractivity contribution >= 4 is 16.6 Å². The zero-order chi connectivity index (χ0) is 12.6. The van der Waals surface area contributed by atoms with Crippen LogP contribution in [0, 0.1) is 17.6 Å². The molecule has 0 radical (unpaired) electrons. The summed E-state index contributed by atoms with van der Waals surface area (Å²) >= 11 is 0. The van der Waals surface area contributed by atoms with E-state index in [1.54, 1.807) is 6.92 Å². The van der Waals surface area contributed by atoms with Crippen LogP contribution in [0.25, 0.3) is 0 Å². The Balaban J connectivity index is 2.29. The number of carbonyl (C=O) groups excluding carboxylic acids is 1. The lowest BCUT2D eigenvalue weighted by Gasteiger charge is -2.14. The first-order valence-electron chi connectivity index (χ1n) is 5.39. The van der Waals surface area contributed by atoms with Gasteiger partial charge in [0.05, 0.1) is 15.7 Å². The summed E-state index contributed by atoms with van der Waals surface area (Å²) < 4.78 is 38.3. The fourth-order valence-electron chi connectivity index (χ4n) is 2.06. The molecule has 17 heavy (non-hydrogen) atoms. The average molecular weight is 258 g/mol.